The SMILES string of the molecule is Nc1cccc2c(O)c3c4c(ccc3c(O)c12)=NC1(CCOC1)N=4. The molecule has 0 aromatic heterocycles. The molecule has 6 heteroatoms. The minimum absolute atomic E-state index is 0.0533. The van der Waals surface area contributed by atoms with Gasteiger partial charge in [0.05, 0.1) is 34.7 Å². The van der Waals surface area contributed by atoms with Gasteiger partial charge in [-0.15, -0.1) is 0 Å². The molecule has 2 heterocycles. The number of anilines is 1. The van der Waals surface area contributed by atoms with E-state index in [0.29, 0.717) is 51.2 Å². The first-order chi connectivity index (χ1) is 11.6. The summed E-state index contributed by atoms with van der Waals surface area (Å²) in [5.74, 6) is 0.120. The van der Waals surface area contributed by atoms with Crippen molar-refractivity contribution in [2.24, 2.45) is 9.98 Å². The molecular formula is C18H15N3O3. The van der Waals surface area contributed by atoms with Gasteiger partial charge in [0.1, 0.15) is 11.5 Å². The number of rotatable bonds is 0. The van der Waals surface area contributed by atoms with Gasteiger partial charge in [0.25, 0.3) is 0 Å². The lowest BCUT2D eigenvalue weighted by molar-refractivity contribution is 0.180. The molecule has 0 radical (unpaired) electrons. The van der Waals surface area contributed by atoms with Crippen molar-refractivity contribution < 1.29 is 14.9 Å². The maximum atomic E-state index is 10.9. The van der Waals surface area contributed by atoms with Crippen molar-refractivity contribution in [2.45, 2.75) is 12.1 Å². The van der Waals surface area contributed by atoms with E-state index in [2.05, 4.69) is 0 Å². The summed E-state index contributed by atoms with van der Waals surface area (Å²) >= 11 is 0. The molecular weight excluding hydrogens is 306 g/mol. The van der Waals surface area contributed by atoms with E-state index in [-0.39, 0.29) is 11.5 Å². The highest BCUT2D eigenvalue weighted by Gasteiger charge is 2.36. The van der Waals surface area contributed by atoms with Gasteiger partial charge in [0, 0.05) is 22.9 Å². The second-order valence-corrected chi connectivity index (χ2v) is 6.33. The Morgan fingerprint density at radius 1 is 1.00 bits per heavy atom. The Labute approximate surface area is 136 Å². The highest BCUT2D eigenvalue weighted by atomic mass is 16.5. The lowest BCUT2D eigenvalue weighted by atomic mass is 9.99. The molecule has 1 atom stereocenters. The molecule has 2 aliphatic rings. The largest absolute Gasteiger partial charge is 0.507 e. The Hall–Kier alpha value is -2.86. The van der Waals surface area contributed by atoms with Gasteiger partial charge in [-0.1, -0.05) is 12.1 Å². The molecule has 1 saturated heterocycles. The van der Waals surface area contributed by atoms with Gasteiger partial charge in [-0.05, 0) is 18.2 Å². The van der Waals surface area contributed by atoms with Crippen LogP contribution in [0.15, 0.2) is 40.3 Å². The molecule has 0 saturated carbocycles. The molecule has 1 unspecified atom stereocenters. The van der Waals surface area contributed by atoms with Crippen LogP contribution in [-0.2, 0) is 4.74 Å². The molecule has 5 rings (SSSR count). The number of hydrogen-bond acceptors (Lipinski definition) is 6. The van der Waals surface area contributed by atoms with Crippen LogP contribution >= 0.6 is 0 Å². The maximum Gasteiger partial charge on any atom is 0.176 e. The van der Waals surface area contributed by atoms with Crippen molar-refractivity contribution in [3.05, 3.63) is 41.0 Å². The molecule has 1 spiro atoms. The number of ether oxygens (including phenoxy) is 1. The predicted octanol–water partition coefficient (Wildman–Crippen LogP) is 1.36. The van der Waals surface area contributed by atoms with Gasteiger partial charge in [-0.25, -0.2) is 4.99 Å². The van der Waals surface area contributed by atoms with Crippen LogP contribution in [0.4, 0.5) is 5.69 Å². The number of nitrogens with zero attached hydrogens (tertiary/aromatic N) is 2. The highest BCUT2D eigenvalue weighted by Crippen LogP contribution is 2.42. The molecule has 6 nitrogen and oxygen atoms in total. The van der Waals surface area contributed by atoms with Crippen molar-refractivity contribution >= 4 is 27.2 Å². The van der Waals surface area contributed by atoms with Crippen LogP contribution in [0.25, 0.3) is 21.5 Å². The Balaban J connectivity index is 2.00. The van der Waals surface area contributed by atoms with E-state index < -0.39 is 5.66 Å². The van der Waals surface area contributed by atoms with Crippen molar-refractivity contribution in [1.29, 1.82) is 0 Å². The number of nitrogen functional groups attached to an aromatic ring is 1. The summed E-state index contributed by atoms with van der Waals surface area (Å²) in [6.45, 7) is 1.06. The van der Waals surface area contributed by atoms with E-state index >= 15 is 0 Å². The lowest BCUT2D eigenvalue weighted by Gasteiger charge is -2.12. The van der Waals surface area contributed by atoms with Crippen LogP contribution in [0.5, 0.6) is 11.5 Å². The fraction of sp³-hybridized carbons (Fsp3) is 0.222. The molecule has 0 aliphatic carbocycles. The van der Waals surface area contributed by atoms with Crippen LogP contribution in [-0.4, -0.2) is 29.1 Å². The molecule has 2 aliphatic heterocycles. The smallest absolute Gasteiger partial charge is 0.176 e. The summed E-state index contributed by atoms with van der Waals surface area (Å²) in [6.07, 6.45) is 0.719. The summed E-state index contributed by atoms with van der Waals surface area (Å²) in [5.41, 5.74) is 5.82. The van der Waals surface area contributed by atoms with Gasteiger partial charge in [-0.2, -0.15) is 0 Å². The minimum atomic E-state index is -0.594. The first kappa shape index (κ1) is 13.6. The Morgan fingerprint density at radius 2 is 1.79 bits per heavy atom. The third-order valence-electron chi connectivity index (χ3n) is 4.87. The average Bonchev–Trinajstić information content (AvgIpc) is 3.18. The van der Waals surface area contributed by atoms with E-state index in [0.717, 1.165) is 6.42 Å². The molecule has 1 fully saturated rings. The zero-order valence-corrected chi connectivity index (χ0v) is 12.8. The lowest BCUT2D eigenvalue weighted by Crippen LogP contribution is -2.22. The number of phenolic OH excluding ortho intramolecular Hbond substituents is 2. The summed E-state index contributed by atoms with van der Waals surface area (Å²) in [7, 11) is 0. The van der Waals surface area contributed by atoms with Gasteiger partial charge in [-0.3, -0.25) is 4.99 Å². The van der Waals surface area contributed by atoms with Crippen LogP contribution in [0, 0.1) is 0 Å². The quantitative estimate of drug-likeness (QED) is 0.330. The molecule has 3 aromatic carbocycles. The standard InChI is InChI=1S/C18H15N3O3/c19-11-3-1-2-9-13(11)16(22)10-4-5-12-15(14(10)17(9)23)21-18(20-12)6-7-24-8-18/h1-5,22-23H,6-8,19H2. The maximum absolute atomic E-state index is 10.9. The van der Waals surface area contributed by atoms with Gasteiger partial charge in [0.15, 0.2) is 5.66 Å². The zero-order chi connectivity index (χ0) is 16.5. The van der Waals surface area contributed by atoms with E-state index in [4.69, 9.17) is 20.5 Å². The normalized spacial score (nSPS) is 22.0. The van der Waals surface area contributed by atoms with Crippen molar-refractivity contribution in [1.82, 2.24) is 0 Å². The molecule has 3 aromatic rings. The number of benzene rings is 3. The molecule has 0 bridgehead atoms. The summed E-state index contributed by atoms with van der Waals surface area (Å²) < 4.78 is 5.45. The van der Waals surface area contributed by atoms with Gasteiger partial charge in [0.2, 0.25) is 0 Å². The topological polar surface area (TPSA) is 100 Å². The molecule has 0 amide bonds. The summed E-state index contributed by atoms with van der Waals surface area (Å²) in [4.78, 5) is 9.44. The van der Waals surface area contributed by atoms with E-state index in [1.54, 1.807) is 24.3 Å². The van der Waals surface area contributed by atoms with Crippen LogP contribution in [0.1, 0.15) is 6.42 Å². The van der Waals surface area contributed by atoms with Crippen molar-refractivity contribution in [3.63, 3.8) is 0 Å². The first-order valence-electron chi connectivity index (χ1n) is 7.82. The average molecular weight is 321 g/mol. The van der Waals surface area contributed by atoms with Crippen LogP contribution < -0.4 is 16.4 Å². The van der Waals surface area contributed by atoms with Crippen LogP contribution in [0.2, 0.25) is 0 Å². The Morgan fingerprint density at radius 3 is 2.58 bits per heavy atom. The number of fused-ring (bicyclic) bond motifs is 4. The third-order valence-corrected chi connectivity index (χ3v) is 4.87. The van der Waals surface area contributed by atoms with Crippen molar-refractivity contribution in [3.8, 4) is 11.5 Å². The number of aromatic hydroxyl groups is 2. The Bertz CT molecular complexity index is 1150. The highest BCUT2D eigenvalue weighted by molar-refractivity contribution is 6.14. The number of hydrogen-bond donors (Lipinski definition) is 3. The van der Waals surface area contributed by atoms with E-state index in [9.17, 15) is 10.2 Å². The zero-order valence-electron chi connectivity index (χ0n) is 12.8. The van der Waals surface area contributed by atoms with E-state index in [1.807, 2.05) is 6.07 Å². The second kappa shape index (κ2) is 4.36. The monoisotopic (exact) mass is 321 g/mol. The molecule has 4 N–H and O–H groups in total. The van der Waals surface area contributed by atoms with Gasteiger partial charge >= 0.3 is 0 Å². The number of nitrogens with two attached hydrogens (primary N) is 1. The summed E-state index contributed by atoms with van der Waals surface area (Å²) in [6, 6.07) is 8.76. The fourth-order valence-electron chi connectivity index (χ4n) is 3.70. The number of phenols is 2. The third kappa shape index (κ3) is 1.58. The van der Waals surface area contributed by atoms with Crippen LogP contribution in [0.3, 0.4) is 0 Å². The minimum Gasteiger partial charge on any atom is -0.507 e. The van der Waals surface area contributed by atoms with E-state index in [1.165, 1.54) is 0 Å². The molecule has 24 heavy (non-hydrogen) atoms. The van der Waals surface area contributed by atoms with Gasteiger partial charge < -0.3 is 20.7 Å². The molecule has 120 valence electrons. The Kier molecular flexibility index (Phi) is 2.46. The summed E-state index contributed by atoms with van der Waals surface area (Å²) in [5, 5.41) is 24.9. The van der Waals surface area contributed by atoms with Crippen molar-refractivity contribution in [2.75, 3.05) is 18.9 Å². The predicted molar refractivity (Wildman–Crippen MR) is 89.7 cm³/mol. The first-order valence-corrected chi connectivity index (χ1v) is 7.82. The fourth-order valence-corrected chi connectivity index (χ4v) is 3.70. The second-order valence-electron chi connectivity index (χ2n) is 6.33.